The second kappa shape index (κ2) is 5.96. The summed E-state index contributed by atoms with van der Waals surface area (Å²) in [5, 5.41) is 2.96. The summed E-state index contributed by atoms with van der Waals surface area (Å²) < 4.78 is 26.2. The van der Waals surface area contributed by atoms with Crippen LogP contribution in [0.3, 0.4) is 0 Å². The molecule has 0 atom stereocenters. The van der Waals surface area contributed by atoms with Crippen molar-refractivity contribution in [2.24, 2.45) is 0 Å². The zero-order valence-corrected chi connectivity index (χ0v) is 9.74. The van der Waals surface area contributed by atoms with Crippen molar-refractivity contribution in [2.45, 2.75) is 0 Å². The van der Waals surface area contributed by atoms with Gasteiger partial charge in [0.2, 0.25) is 0 Å². The molecule has 92 valence electrons. The first-order chi connectivity index (χ1) is 8.74. The fourth-order valence-corrected chi connectivity index (χ4v) is 1.53. The molecule has 0 saturated heterocycles. The Morgan fingerprint density at radius 3 is 2.33 bits per heavy atom. The van der Waals surface area contributed by atoms with Crippen molar-refractivity contribution in [1.29, 1.82) is 0 Å². The van der Waals surface area contributed by atoms with Crippen LogP contribution in [0.15, 0.2) is 60.4 Å². The van der Waals surface area contributed by atoms with Crippen LogP contribution in [0.5, 0.6) is 0 Å². The van der Waals surface area contributed by atoms with E-state index >= 15 is 0 Å². The van der Waals surface area contributed by atoms with E-state index in [2.05, 4.69) is 5.32 Å². The Hall–Kier alpha value is -2.16. The predicted molar refractivity (Wildman–Crippen MR) is 70.4 cm³/mol. The third-order valence-corrected chi connectivity index (χ3v) is 2.43. The highest BCUT2D eigenvalue weighted by Gasteiger charge is 1.97. The molecule has 18 heavy (non-hydrogen) atoms. The standard InChI is InChI=1S/C15H13F2N/c16-13-8-6-12(7-9-13)10-14(17)11-18-15-4-2-1-3-5-15/h1-10,18H,11H2/b14-10-. The van der Waals surface area contributed by atoms with E-state index in [0.29, 0.717) is 5.56 Å². The van der Waals surface area contributed by atoms with Crippen molar-refractivity contribution in [3.8, 4) is 0 Å². The van der Waals surface area contributed by atoms with Crippen molar-refractivity contribution in [3.05, 3.63) is 71.8 Å². The molecule has 2 aromatic carbocycles. The maximum absolute atomic E-state index is 13.6. The molecule has 2 rings (SSSR count). The number of hydrogen-bond donors (Lipinski definition) is 1. The molecule has 0 fully saturated rings. The fraction of sp³-hybridized carbons (Fsp3) is 0.0667. The lowest BCUT2D eigenvalue weighted by Crippen LogP contribution is -2.01. The second-order valence-corrected chi connectivity index (χ2v) is 3.86. The fourth-order valence-electron chi connectivity index (χ4n) is 1.53. The lowest BCUT2D eigenvalue weighted by Gasteiger charge is -2.04. The SMILES string of the molecule is F/C(=C\c1ccc(F)cc1)CNc1ccccc1. The van der Waals surface area contributed by atoms with Gasteiger partial charge in [0, 0.05) is 5.69 Å². The van der Waals surface area contributed by atoms with Crippen LogP contribution in [0.25, 0.3) is 6.08 Å². The number of anilines is 1. The molecule has 0 aliphatic carbocycles. The van der Waals surface area contributed by atoms with Crippen LogP contribution >= 0.6 is 0 Å². The largest absolute Gasteiger partial charge is 0.379 e. The van der Waals surface area contributed by atoms with Gasteiger partial charge in [-0.1, -0.05) is 30.3 Å². The molecule has 0 saturated carbocycles. The average Bonchev–Trinajstić information content (AvgIpc) is 2.40. The van der Waals surface area contributed by atoms with E-state index in [-0.39, 0.29) is 18.2 Å². The summed E-state index contributed by atoms with van der Waals surface area (Å²) >= 11 is 0. The number of halogens is 2. The maximum Gasteiger partial charge on any atom is 0.123 e. The number of para-hydroxylation sites is 1. The topological polar surface area (TPSA) is 12.0 Å². The van der Waals surface area contributed by atoms with Crippen LogP contribution in [0.4, 0.5) is 14.5 Å². The molecule has 2 aromatic rings. The van der Waals surface area contributed by atoms with Crippen molar-refractivity contribution in [2.75, 3.05) is 11.9 Å². The number of rotatable bonds is 4. The van der Waals surface area contributed by atoms with Gasteiger partial charge < -0.3 is 5.32 Å². The summed E-state index contributed by atoms with van der Waals surface area (Å²) in [7, 11) is 0. The molecule has 0 aromatic heterocycles. The molecule has 0 spiro atoms. The predicted octanol–water partition coefficient (Wildman–Crippen LogP) is 4.25. The van der Waals surface area contributed by atoms with Gasteiger partial charge in [-0.25, -0.2) is 8.78 Å². The lowest BCUT2D eigenvalue weighted by atomic mass is 10.2. The third kappa shape index (κ3) is 3.70. The maximum atomic E-state index is 13.6. The Bertz CT molecular complexity index is 518. The Morgan fingerprint density at radius 2 is 1.67 bits per heavy atom. The quantitative estimate of drug-likeness (QED) is 0.849. The van der Waals surface area contributed by atoms with Crippen molar-refractivity contribution < 1.29 is 8.78 Å². The van der Waals surface area contributed by atoms with Crippen molar-refractivity contribution in [1.82, 2.24) is 0 Å². The van der Waals surface area contributed by atoms with E-state index in [4.69, 9.17) is 0 Å². The van der Waals surface area contributed by atoms with E-state index in [0.717, 1.165) is 5.69 Å². The van der Waals surface area contributed by atoms with E-state index in [1.165, 1.54) is 30.3 Å². The van der Waals surface area contributed by atoms with Gasteiger partial charge in [0.1, 0.15) is 11.6 Å². The summed E-state index contributed by atoms with van der Waals surface area (Å²) in [4.78, 5) is 0. The van der Waals surface area contributed by atoms with Crippen LogP contribution < -0.4 is 5.32 Å². The molecule has 0 aliphatic rings. The molecule has 3 heteroatoms. The van der Waals surface area contributed by atoms with Crippen molar-refractivity contribution >= 4 is 11.8 Å². The highest BCUT2D eigenvalue weighted by Crippen LogP contribution is 2.11. The molecule has 1 N–H and O–H groups in total. The number of benzene rings is 2. The second-order valence-electron chi connectivity index (χ2n) is 3.86. The molecule has 0 aliphatic heterocycles. The van der Waals surface area contributed by atoms with Gasteiger partial charge in [0.25, 0.3) is 0 Å². The monoisotopic (exact) mass is 245 g/mol. The first-order valence-corrected chi connectivity index (χ1v) is 5.64. The first kappa shape index (κ1) is 12.3. The van der Waals surface area contributed by atoms with E-state index < -0.39 is 0 Å². The minimum Gasteiger partial charge on any atom is -0.379 e. The molecule has 0 radical (unpaired) electrons. The van der Waals surface area contributed by atoms with Crippen LogP contribution in [0.2, 0.25) is 0 Å². The summed E-state index contributed by atoms with van der Waals surface area (Å²) in [6, 6.07) is 15.1. The normalized spacial score (nSPS) is 11.3. The highest BCUT2D eigenvalue weighted by atomic mass is 19.1. The molecule has 0 amide bonds. The molecule has 0 heterocycles. The highest BCUT2D eigenvalue weighted by molar-refractivity contribution is 5.53. The smallest absolute Gasteiger partial charge is 0.123 e. The van der Waals surface area contributed by atoms with E-state index in [1.807, 2.05) is 30.3 Å². The number of hydrogen-bond acceptors (Lipinski definition) is 1. The van der Waals surface area contributed by atoms with Gasteiger partial charge in [0.05, 0.1) is 6.54 Å². The van der Waals surface area contributed by atoms with Gasteiger partial charge in [-0.05, 0) is 35.9 Å². The average molecular weight is 245 g/mol. The molecule has 0 unspecified atom stereocenters. The van der Waals surface area contributed by atoms with Gasteiger partial charge in [0.15, 0.2) is 0 Å². The van der Waals surface area contributed by atoms with E-state index in [9.17, 15) is 8.78 Å². The Kier molecular flexibility index (Phi) is 4.07. The van der Waals surface area contributed by atoms with Crippen LogP contribution in [0.1, 0.15) is 5.56 Å². The van der Waals surface area contributed by atoms with Gasteiger partial charge in [-0.3, -0.25) is 0 Å². The number of nitrogens with one attached hydrogen (secondary N) is 1. The van der Waals surface area contributed by atoms with Crippen LogP contribution in [-0.2, 0) is 0 Å². The Balaban J connectivity index is 1.95. The Labute approximate surface area is 105 Å². The zero-order valence-electron chi connectivity index (χ0n) is 9.74. The van der Waals surface area contributed by atoms with Gasteiger partial charge in [-0.2, -0.15) is 0 Å². The molecule has 0 bridgehead atoms. The summed E-state index contributed by atoms with van der Waals surface area (Å²) in [6.07, 6.45) is 1.38. The zero-order chi connectivity index (χ0) is 12.8. The molecular formula is C15H13F2N. The van der Waals surface area contributed by atoms with Crippen molar-refractivity contribution in [3.63, 3.8) is 0 Å². The summed E-state index contributed by atoms with van der Waals surface area (Å²) in [5.74, 6) is -0.625. The first-order valence-electron chi connectivity index (χ1n) is 5.64. The van der Waals surface area contributed by atoms with Crippen LogP contribution in [-0.4, -0.2) is 6.54 Å². The summed E-state index contributed by atoms with van der Waals surface area (Å²) in [6.45, 7) is 0.112. The third-order valence-electron chi connectivity index (χ3n) is 2.43. The van der Waals surface area contributed by atoms with Gasteiger partial charge >= 0.3 is 0 Å². The van der Waals surface area contributed by atoms with E-state index in [1.54, 1.807) is 0 Å². The summed E-state index contributed by atoms with van der Waals surface area (Å²) in [5.41, 5.74) is 1.50. The Morgan fingerprint density at radius 1 is 1.00 bits per heavy atom. The molecule has 1 nitrogen and oxygen atoms in total. The van der Waals surface area contributed by atoms with Gasteiger partial charge in [-0.15, -0.1) is 0 Å². The lowest BCUT2D eigenvalue weighted by molar-refractivity contribution is 0.626. The van der Waals surface area contributed by atoms with Crippen LogP contribution in [0, 0.1) is 5.82 Å². The minimum absolute atomic E-state index is 0.112. The molecular weight excluding hydrogens is 232 g/mol. The minimum atomic E-state index is -0.324.